The fourth-order valence-corrected chi connectivity index (χ4v) is 1.79. The molecule has 1 fully saturated rings. The van der Waals surface area contributed by atoms with E-state index < -0.39 is 5.60 Å². The summed E-state index contributed by atoms with van der Waals surface area (Å²) in [4.78, 5) is 0. The number of hydrogen-bond acceptors (Lipinski definition) is 2. The van der Waals surface area contributed by atoms with Gasteiger partial charge in [0.05, 0.1) is 17.7 Å². The molecule has 2 nitrogen and oxygen atoms in total. The quantitative estimate of drug-likeness (QED) is 0.791. The van der Waals surface area contributed by atoms with Crippen LogP contribution in [0.2, 0.25) is 5.02 Å². The molecule has 13 heavy (non-hydrogen) atoms. The zero-order valence-corrected chi connectivity index (χ0v) is 8.14. The van der Waals surface area contributed by atoms with E-state index in [1.807, 2.05) is 12.1 Å². The molecule has 1 N–H and O–H groups in total. The van der Waals surface area contributed by atoms with Crippen LogP contribution in [-0.4, -0.2) is 12.2 Å². The first kappa shape index (κ1) is 8.85. The van der Waals surface area contributed by atoms with Crippen LogP contribution in [0.5, 0.6) is 5.75 Å². The zero-order chi connectivity index (χ0) is 9.47. The number of methoxy groups -OCH3 is 1. The van der Waals surface area contributed by atoms with Crippen LogP contribution >= 0.6 is 11.6 Å². The summed E-state index contributed by atoms with van der Waals surface area (Å²) < 4.78 is 5.07. The van der Waals surface area contributed by atoms with Gasteiger partial charge < -0.3 is 9.84 Å². The highest BCUT2D eigenvalue weighted by Crippen LogP contribution is 2.49. The number of benzene rings is 1. The Balaban J connectivity index is 2.46. The first-order valence-corrected chi connectivity index (χ1v) is 4.60. The van der Waals surface area contributed by atoms with Gasteiger partial charge in [0.25, 0.3) is 0 Å². The smallest absolute Gasteiger partial charge is 0.137 e. The third-order valence-corrected chi connectivity index (χ3v) is 2.80. The summed E-state index contributed by atoms with van der Waals surface area (Å²) in [5.74, 6) is 0.625. The fourth-order valence-electron chi connectivity index (χ4n) is 1.42. The van der Waals surface area contributed by atoms with Crippen molar-refractivity contribution in [3.8, 4) is 5.75 Å². The average molecular weight is 199 g/mol. The van der Waals surface area contributed by atoms with E-state index in [1.54, 1.807) is 13.2 Å². The molecule has 0 spiro atoms. The third kappa shape index (κ3) is 1.40. The van der Waals surface area contributed by atoms with Crippen LogP contribution in [-0.2, 0) is 5.60 Å². The summed E-state index contributed by atoms with van der Waals surface area (Å²) in [5.41, 5.74) is 0.0968. The predicted octanol–water partition coefficient (Wildman–Crippen LogP) is 2.33. The van der Waals surface area contributed by atoms with Crippen molar-refractivity contribution in [2.24, 2.45) is 0 Å². The third-order valence-electron chi connectivity index (χ3n) is 2.41. The van der Waals surface area contributed by atoms with Crippen LogP contribution in [0.3, 0.4) is 0 Å². The van der Waals surface area contributed by atoms with Crippen LogP contribution in [0.4, 0.5) is 0 Å². The van der Waals surface area contributed by atoms with Gasteiger partial charge in [-0.1, -0.05) is 23.7 Å². The van der Waals surface area contributed by atoms with Gasteiger partial charge in [0.15, 0.2) is 0 Å². The number of ether oxygens (including phenoxy) is 1. The van der Waals surface area contributed by atoms with Crippen molar-refractivity contribution < 1.29 is 9.84 Å². The molecule has 0 amide bonds. The number of hydrogen-bond donors (Lipinski definition) is 1. The molecular weight excluding hydrogens is 188 g/mol. The molecule has 0 bridgehead atoms. The molecule has 0 radical (unpaired) electrons. The summed E-state index contributed by atoms with van der Waals surface area (Å²) in [7, 11) is 1.57. The first-order chi connectivity index (χ1) is 6.17. The number of halogens is 1. The molecule has 1 saturated carbocycles. The Labute approximate surface area is 82.1 Å². The van der Waals surface area contributed by atoms with Crippen molar-refractivity contribution in [2.75, 3.05) is 7.11 Å². The summed E-state index contributed by atoms with van der Waals surface area (Å²) in [6, 6.07) is 5.48. The second-order valence-corrected chi connectivity index (χ2v) is 3.73. The maximum Gasteiger partial charge on any atom is 0.137 e. The molecule has 2 rings (SSSR count). The summed E-state index contributed by atoms with van der Waals surface area (Å²) in [5, 5.41) is 10.4. The molecule has 0 heterocycles. The minimum Gasteiger partial charge on any atom is -0.495 e. The Morgan fingerprint density at radius 3 is 2.69 bits per heavy atom. The lowest BCUT2D eigenvalue weighted by Gasteiger charge is -2.12. The van der Waals surface area contributed by atoms with Gasteiger partial charge in [-0.05, 0) is 18.9 Å². The molecule has 1 aromatic carbocycles. The van der Waals surface area contributed by atoms with E-state index in [2.05, 4.69) is 0 Å². The highest BCUT2D eigenvalue weighted by molar-refractivity contribution is 6.33. The molecule has 3 heteroatoms. The van der Waals surface area contributed by atoms with Gasteiger partial charge in [-0.3, -0.25) is 0 Å². The van der Waals surface area contributed by atoms with E-state index in [0.717, 1.165) is 18.4 Å². The van der Waals surface area contributed by atoms with Gasteiger partial charge in [0, 0.05) is 5.56 Å². The van der Waals surface area contributed by atoms with E-state index in [0.29, 0.717) is 10.8 Å². The van der Waals surface area contributed by atoms with Crippen molar-refractivity contribution >= 4 is 11.6 Å². The first-order valence-electron chi connectivity index (χ1n) is 4.23. The van der Waals surface area contributed by atoms with Crippen LogP contribution in [0.15, 0.2) is 18.2 Å². The van der Waals surface area contributed by atoms with Gasteiger partial charge >= 0.3 is 0 Å². The van der Waals surface area contributed by atoms with Crippen molar-refractivity contribution in [1.82, 2.24) is 0 Å². The summed E-state index contributed by atoms with van der Waals surface area (Å²) in [6.07, 6.45) is 1.58. The highest BCUT2D eigenvalue weighted by Gasteiger charge is 2.43. The molecule has 0 saturated heterocycles. The highest BCUT2D eigenvalue weighted by atomic mass is 35.5. The molecule has 0 aromatic heterocycles. The molecule has 1 aliphatic carbocycles. The van der Waals surface area contributed by atoms with E-state index in [-0.39, 0.29) is 0 Å². The minimum atomic E-state index is -0.689. The average Bonchev–Trinajstić information content (AvgIpc) is 2.85. The maximum atomic E-state index is 9.86. The van der Waals surface area contributed by atoms with Crippen molar-refractivity contribution in [3.05, 3.63) is 28.8 Å². The second-order valence-electron chi connectivity index (χ2n) is 3.35. The van der Waals surface area contributed by atoms with Gasteiger partial charge in [-0.2, -0.15) is 0 Å². The lowest BCUT2D eigenvalue weighted by Crippen LogP contribution is -2.05. The Kier molecular flexibility index (Phi) is 1.97. The zero-order valence-electron chi connectivity index (χ0n) is 7.38. The van der Waals surface area contributed by atoms with Crippen LogP contribution in [0, 0.1) is 0 Å². The number of rotatable bonds is 2. The van der Waals surface area contributed by atoms with Gasteiger partial charge in [0.2, 0.25) is 0 Å². The van der Waals surface area contributed by atoms with Crippen LogP contribution in [0.25, 0.3) is 0 Å². The van der Waals surface area contributed by atoms with Gasteiger partial charge in [-0.25, -0.2) is 0 Å². The Bertz CT molecular complexity index is 332. The van der Waals surface area contributed by atoms with Gasteiger partial charge in [0.1, 0.15) is 5.75 Å². The molecule has 1 aromatic rings. The number of aliphatic hydroxyl groups is 1. The van der Waals surface area contributed by atoms with Gasteiger partial charge in [-0.15, -0.1) is 0 Å². The second kappa shape index (κ2) is 2.89. The van der Waals surface area contributed by atoms with E-state index in [4.69, 9.17) is 16.3 Å². The van der Waals surface area contributed by atoms with Crippen LogP contribution < -0.4 is 4.74 Å². The molecular formula is C10H11ClO2. The predicted molar refractivity (Wildman–Crippen MR) is 51.1 cm³/mol. The monoisotopic (exact) mass is 198 g/mol. The maximum absolute atomic E-state index is 9.86. The Morgan fingerprint density at radius 1 is 1.46 bits per heavy atom. The SMILES string of the molecule is COc1cccc(C2(O)CC2)c1Cl. The molecule has 0 aliphatic heterocycles. The standard InChI is InChI=1S/C10H11ClO2/c1-13-8-4-2-3-7(9(8)11)10(12)5-6-10/h2-4,12H,5-6H2,1H3. The minimum absolute atomic E-state index is 0.532. The molecule has 1 aliphatic rings. The van der Waals surface area contributed by atoms with E-state index >= 15 is 0 Å². The molecule has 70 valence electrons. The Morgan fingerprint density at radius 2 is 2.15 bits per heavy atom. The summed E-state index contributed by atoms with van der Waals surface area (Å²) in [6.45, 7) is 0. The lowest BCUT2D eigenvalue weighted by molar-refractivity contribution is 0.151. The van der Waals surface area contributed by atoms with Crippen molar-refractivity contribution in [3.63, 3.8) is 0 Å². The topological polar surface area (TPSA) is 29.5 Å². The fraction of sp³-hybridized carbons (Fsp3) is 0.400. The van der Waals surface area contributed by atoms with Crippen LogP contribution in [0.1, 0.15) is 18.4 Å². The molecule has 0 atom stereocenters. The molecule has 0 unspecified atom stereocenters. The summed E-state index contributed by atoms with van der Waals surface area (Å²) >= 11 is 6.05. The Hall–Kier alpha value is -0.730. The van der Waals surface area contributed by atoms with Crippen molar-refractivity contribution in [2.45, 2.75) is 18.4 Å². The largest absolute Gasteiger partial charge is 0.495 e. The normalized spacial score (nSPS) is 18.4. The van der Waals surface area contributed by atoms with Crippen molar-refractivity contribution in [1.29, 1.82) is 0 Å². The van der Waals surface area contributed by atoms with E-state index in [9.17, 15) is 5.11 Å². The lowest BCUT2D eigenvalue weighted by atomic mass is 10.1. The van der Waals surface area contributed by atoms with E-state index in [1.165, 1.54) is 0 Å².